The van der Waals surface area contributed by atoms with Crippen molar-refractivity contribution in [1.29, 1.82) is 5.26 Å². The zero-order valence-corrected chi connectivity index (χ0v) is 14.1. The molecule has 2 aromatic carbocycles. The van der Waals surface area contributed by atoms with Crippen molar-refractivity contribution in [1.82, 2.24) is 5.32 Å². The molecule has 0 bridgehead atoms. The van der Waals surface area contributed by atoms with Crippen molar-refractivity contribution >= 4 is 34.8 Å². The van der Waals surface area contributed by atoms with E-state index >= 15 is 0 Å². The molecule has 126 valence electrons. The molecule has 2 rings (SSSR count). The van der Waals surface area contributed by atoms with E-state index in [9.17, 15) is 9.59 Å². The Kier molecular flexibility index (Phi) is 5.77. The lowest BCUT2D eigenvalue weighted by Gasteiger charge is -2.06. The Morgan fingerprint density at radius 1 is 1.20 bits per heavy atom. The van der Waals surface area contributed by atoms with Crippen LogP contribution in [0.1, 0.15) is 15.9 Å². The van der Waals surface area contributed by atoms with Crippen LogP contribution in [0.25, 0.3) is 0 Å². The van der Waals surface area contributed by atoms with Crippen LogP contribution in [0.15, 0.2) is 54.2 Å². The van der Waals surface area contributed by atoms with E-state index < -0.39 is 11.8 Å². The van der Waals surface area contributed by atoms with Crippen LogP contribution in [-0.2, 0) is 4.79 Å². The Morgan fingerprint density at radius 3 is 2.48 bits per heavy atom. The maximum absolute atomic E-state index is 12.1. The second-order valence-electron chi connectivity index (χ2n) is 5.18. The Morgan fingerprint density at radius 2 is 1.88 bits per heavy atom. The van der Waals surface area contributed by atoms with E-state index in [2.05, 4.69) is 10.6 Å². The van der Waals surface area contributed by atoms with Gasteiger partial charge in [-0.05, 0) is 48.9 Å². The van der Waals surface area contributed by atoms with Gasteiger partial charge >= 0.3 is 0 Å². The Bertz CT molecular complexity index is 883. The monoisotopic (exact) mass is 354 g/mol. The predicted octanol–water partition coefficient (Wildman–Crippen LogP) is 3.01. The molecule has 7 heteroatoms. The van der Waals surface area contributed by atoms with Crippen LogP contribution in [0.5, 0.6) is 0 Å². The number of nitrogens with two attached hydrogens (primary N) is 1. The summed E-state index contributed by atoms with van der Waals surface area (Å²) in [5, 5.41) is 14.6. The lowest BCUT2D eigenvalue weighted by atomic mass is 10.2. The molecule has 0 aliphatic heterocycles. The summed E-state index contributed by atoms with van der Waals surface area (Å²) >= 11 is 6.00. The van der Waals surface area contributed by atoms with E-state index in [0.29, 0.717) is 22.0 Å². The summed E-state index contributed by atoms with van der Waals surface area (Å²) in [6.07, 6.45) is 1.06. The first-order valence-corrected chi connectivity index (χ1v) is 7.62. The standard InChI is InChI=1S/C18H15ClN4O2/c1-11-2-7-15(8-16(11)19)23-18(25)13(9-20)10-22-17(24)12-3-5-14(21)6-4-12/h2-8,10H,21H2,1H3,(H,22,24)(H,23,25)/b13-10-. The molecule has 0 saturated heterocycles. The van der Waals surface area contributed by atoms with Gasteiger partial charge in [0.25, 0.3) is 11.8 Å². The first-order chi connectivity index (χ1) is 11.9. The summed E-state index contributed by atoms with van der Waals surface area (Å²) in [5.74, 6) is -1.11. The summed E-state index contributed by atoms with van der Waals surface area (Å²) in [6, 6.07) is 13.0. The lowest BCUT2D eigenvalue weighted by Crippen LogP contribution is -2.21. The van der Waals surface area contributed by atoms with Crippen LogP contribution in [0.2, 0.25) is 5.02 Å². The number of hydrogen-bond acceptors (Lipinski definition) is 4. The lowest BCUT2D eigenvalue weighted by molar-refractivity contribution is -0.112. The van der Waals surface area contributed by atoms with Crippen LogP contribution in [0.3, 0.4) is 0 Å². The fourth-order valence-corrected chi connectivity index (χ4v) is 2.05. The highest BCUT2D eigenvalue weighted by atomic mass is 35.5. The van der Waals surface area contributed by atoms with E-state index in [1.165, 1.54) is 0 Å². The number of nitrogen functional groups attached to an aromatic ring is 1. The fourth-order valence-electron chi connectivity index (χ4n) is 1.87. The molecule has 0 saturated carbocycles. The summed E-state index contributed by atoms with van der Waals surface area (Å²) in [7, 11) is 0. The van der Waals surface area contributed by atoms with Crippen molar-refractivity contribution in [3.05, 3.63) is 70.4 Å². The number of nitriles is 1. The smallest absolute Gasteiger partial charge is 0.267 e. The number of carbonyl (C=O) groups excluding carboxylic acids is 2. The summed E-state index contributed by atoms with van der Waals surface area (Å²) in [6.45, 7) is 1.83. The van der Waals surface area contributed by atoms with Crippen LogP contribution in [0.4, 0.5) is 11.4 Å². The molecule has 0 aromatic heterocycles. The molecule has 0 radical (unpaired) electrons. The van der Waals surface area contributed by atoms with Crippen molar-refractivity contribution in [2.45, 2.75) is 6.92 Å². The molecule has 6 nitrogen and oxygen atoms in total. The van der Waals surface area contributed by atoms with Gasteiger partial charge in [0.05, 0.1) is 0 Å². The molecule has 0 aliphatic carbocycles. The highest BCUT2D eigenvalue weighted by molar-refractivity contribution is 6.31. The number of amides is 2. The van der Waals surface area contributed by atoms with Gasteiger partial charge in [-0.3, -0.25) is 9.59 Å². The normalized spacial score (nSPS) is 10.7. The van der Waals surface area contributed by atoms with Gasteiger partial charge in [-0.25, -0.2) is 0 Å². The number of benzene rings is 2. The van der Waals surface area contributed by atoms with Gasteiger partial charge in [0.15, 0.2) is 0 Å². The third-order valence-electron chi connectivity index (χ3n) is 3.32. The van der Waals surface area contributed by atoms with E-state index in [1.807, 2.05) is 6.92 Å². The summed E-state index contributed by atoms with van der Waals surface area (Å²) in [5.41, 5.74) is 7.51. The van der Waals surface area contributed by atoms with Crippen LogP contribution in [-0.4, -0.2) is 11.8 Å². The third-order valence-corrected chi connectivity index (χ3v) is 3.72. The minimum atomic E-state index is -0.653. The highest BCUT2D eigenvalue weighted by Gasteiger charge is 2.11. The largest absolute Gasteiger partial charge is 0.399 e. The molecule has 4 N–H and O–H groups in total. The van der Waals surface area contributed by atoms with E-state index in [1.54, 1.807) is 48.5 Å². The molecule has 25 heavy (non-hydrogen) atoms. The average Bonchev–Trinajstić information content (AvgIpc) is 2.59. The SMILES string of the molecule is Cc1ccc(NC(=O)/C(C#N)=C\NC(=O)c2ccc(N)cc2)cc1Cl. The minimum Gasteiger partial charge on any atom is -0.399 e. The zero-order chi connectivity index (χ0) is 18.4. The number of nitrogens with zero attached hydrogens (tertiary/aromatic N) is 1. The second kappa shape index (κ2) is 7.99. The van der Waals surface area contributed by atoms with Gasteiger partial charge in [0, 0.05) is 28.2 Å². The van der Waals surface area contributed by atoms with E-state index in [4.69, 9.17) is 22.6 Å². The Balaban J connectivity index is 2.07. The first kappa shape index (κ1) is 18.0. The number of aryl methyl sites for hydroxylation is 1. The molecule has 0 unspecified atom stereocenters. The Labute approximate surface area is 149 Å². The van der Waals surface area contributed by atoms with Crippen molar-refractivity contribution in [3.63, 3.8) is 0 Å². The zero-order valence-electron chi connectivity index (χ0n) is 13.3. The van der Waals surface area contributed by atoms with Gasteiger partial charge in [0.1, 0.15) is 11.6 Å². The average molecular weight is 355 g/mol. The number of carbonyl (C=O) groups is 2. The number of nitrogens with one attached hydrogen (secondary N) is 2. The number of anilines is 2. The van der Waals surface area contributed by atoms with Crippen molar-refractivity contribution in [3.8, 4) is 6.07 Å². The second-order valence-corrected chi connectivity index (χ2v) is 5.59. The number of hydrogen-bond donors (Lipinski definition) is 3. The third kappa shape index (κ3) is 4.83. The maximum atomic E-state index is 12.1. The molecule has 2 aromatic rings. The number of rotatable bonds is 4. The van der Waals surface area contributed by atoms with Crippen LogP contribution >= 0.6 is 11.6 Å². The Hall–Kier alpha value is -3.30. The molecule has 0 fully saturated rings. The van der Waals surface area contributed by atoms with E-state index in [-0.39, 0.29) is 5.57 Å². The van der Waals surface area contributed by atoms with E-state index in [0.717, 1.165) is 11.8 Å². The van der Waals surface area contributed by atoms with Crippen molar-refractivity contribution < 1.29 is 9.59 Å². The molecular weight excluding hydrogens is 340 g/mol. The molecule has 0 atom stereocenters. The van der Waals surface area contributed by atoms with Gasteiger partial charge in [-0.15, -0.1) is 0 Å². The first-order valence-electron chi connectivity index (χ1n) is 7.25. The maximum Gasteiger partial charge on any atom is 0.267 e. The van der Waals surface area contributed by atoms with Crippen LogP contribution < -0.4 is 16.4 Å². The molecular formula is C18H15ClN4O2. The van der Waals surface area contributed by atoms with Crippen molar-refractivity contribution in [2.75, 3.05) is 11.1 Å². The minimum absolute atomic E-state index is 0.250. The van der Waals surface area contributed by atoms with Crippen LogP contribution in [0, 0.1) is 18.3 Å². The topological polar surface area (TPSA) is 108 Å². The quantitative estimate of drug-likeness (QED) is 0.445. The van der Waals surface area contributed by atoms with Gasteiger partial charge in [-0.1, -0.05) is 17.7 Å². The molecule has 2 amide bonds. The summed E-state index contributed by atoms with van der Waals surface area (Å²) in [4.78, 5) is 24.1. The fraction of sp³-hybridized carbons (Fsp3) is 0.0556. The predicted molar refractivity (Wildman–Crippen MR) is 96.8 cm³/mol. The van der Waals surface area contributed by atoms with Gasteiger partial charge in [-0.2, -0.15) is 5.26 Å². The van der Waals surface area contributed by atoms with Gasteiger partial charge in [0.2, 0.25) is 0 Å². The molecule has 0 heterocycles. The highest BCUT2D eigenvalue weighted by Crippen LogP contribution is 2.20. The molecule has 0 spiro atoms. The number of halogens is 1. The van der Waals surface area contributed by atoms with Crippen molar-refractivity contribution in [2.24, 2.45) is 0 Å². The molecule has 0 aliphatic rings. The summed E-state index contributed by atoms with van der Waals surface area (Å²) < 4.78 is 0. The van der Waals surface area contributed by atoms with Gasteiger partial charge < -0.3 is 16.4 Å².